The van der Waals surface area contributed by atoms with E-state index in [2.05, 4.69) is 72.5 Å². The summed E-state index contributed by atoms with van der Waals surface area (Å²) in [6, 6.07) is 13.1. The third-order valence-electron chi connectivity index (χ3n) is 5.57. The number of aliphatic imine (C=N–C) groups is 1. The molecule has 3 rings (SSSR count). The Bertz CT molecular complexity index is 1030. The van der Waals surface area contributed by atoms with Crippen molar-refractivity contribution in [3.8, 4) is 11.3 Å². The molecule has 5 nitrogen and oxygen atoms in total. The predicted octanol–water partition coefficient (Wildman–Crippen LogP) is 5.92. The minimum atomic E-state index is 0.350. The van der Waals surface area contributed by atoms with E-state index in [0.717, 1.165) is 71.8 Å². The van der Waals surface area contributed by atoms with Crippen LogP contribution in [0.25, 0.3) is 22.4 Å². The molecule has 1 aromatic carbocycles. The molecule has 0 unspecified atom stereocenters. The maximum Gasteiger partial charge on any atom is 0.134 e. The normalized spacial score (nSPS) is 15.6. The highest BCUT2D eigenvalue weighted by atomic mass is 16.5. The van der Waals surface area contributed by atoms with Crippen molar-refractivity contribution >= 4 is 23.2 Å². The zero-order chi connectivity index (χ0) is 23.6. The summed E-state index contributed by atoms with van der Waals surface area (Å²) in [7, 11) is 5.84. The average molecular weight is 445 g/mol. The lowest BCUT2D eigenvalue weighted by Crippen LogP contribution is -2.28. The number of nitrogens with zero attached hydrogens (tertiary/aromatic N) is 3. The van der Waals surface area contributed by atoms with Crippen molar-refractivity contribution in [1.29, 1.82) is 0 Å². The Morgan fingerprint density at radius 3 is 2.67 bits per heavy atom. The Morgan fingerprint density at radius 1 is 1.21 bits per heavy atom. The number of aromatic nitrogens is 1. The highest BCUT2D eigenvalue weighted by molar-refractivity contribution is 6.11. The van der Waals surface area contributed by atoms with Crippen LogP contribution >= 0.6 is 0 Å². The fraction of sp³-hybridized carbons (Fsp3) is 0.357. The van der Waals surface area contributed by atoms with Gasteiger partial charge in [0.25, 0.3) is 0 Å². The van der Waals surface area contributed by atoms with Gasteiger partial charge in [0.15, 0.2) is 0 Å². The Morgan fingerprint density at radius 2 is 2.00 bits per heavy atom. The van der Waals surface area contributed by atoms with Gasteiger partial charge in [-0.1, -0.05) is 43.9 Å². The number of anilines is 1. The van der Waals surface area contributed by atoms with Crippen LogP contribution in [0.15, 0.2) is 66.3 Å². The largest absolute Gasteiger partial charge is 0.383 e. The molecule has 1 N–H and O–H groups in total. The molecule has 1 fully saturated rings. The fourth-order valence-corrected chi connectivity index (χ4v) is 3.97. The van der Waals surface area contributed by atoms with Crippen LogP contribution < -0.4 is 5.32 Å². The van der Waals surface area contributed by atoms with Crippen LogP contribution in [0.5, 0.6) is 0 Å². The van der Waals surface area contributed by atoms with Gasteiger partial charge in [0.05, 0.1) is 5.69 Å². The second-order valence-electron chi connectivity index (χ2n) is 8.41. The molecule has 0 saturated carbocycles. The number of hydrogen-bond donors (Lipinski definition) is 1. The van der Waals surface area contributed by atoms with Crippen molar-refractivity contribution in [1.82, 2.24) is 9.88 Å². The minimum Gasteiger partial charge on any atom is -0.383 e. The summed E-state index contributed by atoms with van der Waals surface area (Å²) in [5.74, 6) is 0.900. The maximum atomic E-state index is 5.55. The first-order chi connectivity index (χ1) is 16.0. The lowest BCUT2D eigenvalue weighted by atomic mass is 10.00. The molecule has 2 heterocycles. The molecule has 2 aromatic rings. The summed E-state index contributed by atoms with van der Waals surface area (Å²) in [6.07, 6.45) is 11.0. The highest BCUT2D eigenvalue weighted by Gasteiger charge is 2.18. The van der Waals surface area contributed by atoms with Crippen molar-refractivity contribution in [2.75, 3.05) is 39.7 Å². The lowest BCUT2D eigenvalue weighted by Gasteiger charge is -2.25. The first-order valence-electron chi connectivity index (χ1n) is 11.6. The van der Waals surface area contributed by atoms with Crippen molar-refractivity contribution in [3.05, 3.63) is 72.5 Å². The second kappa shape index (κ2) is 12.2. The smallest absolute Gasteiger partial charge is 0.134 e. The lowest BCUT2D eigenvalue weighted by molar-refractivity contribution is 0.0904. The number of benzene rings is 1. The third-order valence-corrected chi connectivity index (χ3v) is 5.57. The zero-order valence-corrected chi connectivity index (χ0v) is 20.3. The van der Waals surface area contributed by atoms with E-state index in [4.69, 9.17) is 9.72 Å². The number of ether oxygens (including phenoxy) is 1. The Labute approximate surface area is 198 Å². The number of hydrogen-bond acceptors (Lipinski definition) is 5. The molecule has 0 spiro atoms. The molecule has 1 aliphatic rings. The summed E-state index contributed by atoms with van der Waals surface area (Å²) in [6.45, 7) is 7.69. The molecule has 174 valence electrons. The molecule has 1 aliphatic heterocycles. The quantitative estimate of drug-likeness (QED) is 0.385. The summed E-state index contributed by atoms with van der Waals surface area (Å²) in [5, 5.41) is 3.70. The summed E-state index contributed by atoms with van der Waals surface area (Å²) in [5.41, 5.74) is 6.37. The molecule has 0 amide bonds. The van der Waals surface area contributed by atoms with Crippen molar-refractivity contribution in [3.63, 3.8) is 0 Å². The first-order valence-corrected chi connectivity index (χ1v) is 11.6. The van der Waals surface area contributed by atoms with Crippen LogP contribution in [0.3, 0.4) is 0 Å². The Balaban J connectivity index is 2.04. The van der Waals surface area contributed by atoms with E-state index >= 15 is 0 Å². The number of pyridine rings is 1. The van der Waals surface area contributed by atoms with E-state index in [1.165, 1.54) is 0 Å². The molecule has 5 heteroatoms. The first kappa shape index (κ1) is 24.5. The van der Waals surface area contributed by atoms with E-state index < -0.39 is 0 Å². The molecular formula is C28H36N4O. The van der Waals surface area contributed by atoms with Gasteiger partial charge in [-0.15, -0.1) is 0 Å². The number of nitrogens with one attached hydrogen (secondary N) is 1. The van der Waals surface area contributed by atoms with E-state index in [1.807, 2.05) is 31.3 Å². The Hall–Kier alpha value is -3.18. The van der Waals surface area contributed by atoms with E-state index in [-0.39, 0.29) is 0 Å². The molecule has 0 aliphatic carbocycles. The van der Waals surface area contributed by atoms with Gasteiger partial charge in [-0.05, 0) is 54.2 Å². The van der Waals surface area contributed by atoms with Gasteiger partial charge >= 0.3 is 0 Å². The van der Waals surface area contributed by atoms with Crippen LogP contribution in [0, 0.1) is 0 Å². The molecule has 1 aromatic heterocycles. The summed E-state index contributed by atoms with van der Waals surface area (Å²) < 4.78 is 5.55. The van der Waals surface area contributed by atoms with Gasteiger partial charge in [0, 0.05) is 63.9 Å². The molecule has 1 saturated heterocycles. The minimum absolute atomic E-state index is 0.350. The van der Waals surface area contributed by atoms with E-state index in [0.29, 0.717) is 6.04 Å². The standard InChI is InChI=1S/C28H36N4O/c1-6-9-24(19-29-3)26-12-13-27(31-28(26)30-25-14-16-33-17-15-25)23-11-8-10-22(18-23)21(7-2)20-32(4)5/h7-13,18-20,25H,2,6,14-17H2,1,3-5H3,(H,30,31)/b21-20+,24-9+,29-19?. The predicted molar refractivity (Wildman–Crippen MR) is 142 cm³/mol. The van der Waals surface area contributed by atoms with Crippen LogP contribution in [0.4, 0.5) is 5.82 Å². The van der Waals surface area contributed by atoms with Gasteiger partial charge in [-0.3, -0.25) is 4.99 Å². The van der Waals surface area contributed by atoms with Gasteiger partial charge in [-0.2, -0.15) is 0 Å². The van der Waals surface area contributed by atoms with E-state index in [9.17, 15) is 0 Å². The maximum absolute atomic E-state index is 5.55. The van der Waals surface area contributed by atoms with Crippen LogP contribution in [0.2, 0.25) is 0 Å². The zero-order valence-electron chi connectivity index (χ0n) is 20.3. The number of rotatable bonds is 9. The van der Waals surface area contributed by atoms with Crippen molar-refractivity contribution in [2.45, 2.75) is 32.2 Å². The van der Waals surface area contributed by atoms with E-state index in [1.54, 1.807) is 7.05 Å². The van der Waals surface area contributed by atoms with Crippen LogP contribution in [-0.4, -0.2) is 56.5 Å². The van der Waals surface area contributed by atoms with Gasteiger partial charge in [-0.25, -0.2) is 4.98 Å². The number of allylic oxidation sites excluding steroid dienone is 4. The SMILES string of the molecule is C=C/C(=C\N(C)C)c1cccc(-c2ccc(/C(C=NC)=C/CC)c(NC3CCOCC3)n2)c1. The molecule has 0 radical (unpaired) electrons. The fourth-order valence-electron chi connectivity index (χ4n) is 3.97. The molecule has 0 atom stereocenters. The van der Waals surface area contributed by atoms with Crippen molar-refractivity contribution < 1.29 is 4.74 Å². The van der Waals surface area contributed by atoms with Gasteiger partial charge < -0.3 is 15.0 Å². The summed E-state index contributed by atoms with van der Waals surface area (Å²) in [4.78, 5) is 11.4. The van der Waals surface area contributed by atoms with Gasteiger partial charge in [0.1, 0.15) is 5.82 Å². The molecule has 0 bridgehead atoms. The summed E-state index contributed by atoms with van der Waals surface area (Å²) >= 11 is 0. The van der Waals surface area contributed by atoms with Crippen molar-refractivity contribution in [2.24, 2.45) is 4.99 Å². The third kappa shape index (κ3) is 6.65. The van der Waals surface area contributed by atoms with Gasteiger partial charge in [0.2, 0.25) is 0 Å². The van der Waals surface area contributed by atoms with Crippen LogP contribution in [0.1, 0.15) is 37.3 Å². The highest BCUT2D eigenvalue weighted by Crippen LogP contribution is 2.29. The molecule has 33 heavy (non-hydrogen) atoms. The monoisotopic (exact) mass is 444 g/mol. The topological polar surface area (TPSA) is 49.8 Å². The Kier molecular flexibility index (Phi) is 9.02. The second-order valence-corrected chi connectivity index (χ2v) is 8.41. The average Bonchev–Trinajstić information content (AvgIpc) is 2.83. The molecular weight excluding hydrogens is 408 g/mol. The van der Waals surface area contributed by atoms with Crippen LogP contribution in [-0.2, 0) is 4.74 Å².